The summed E-state index contributed by atoms with van der Waals surface area (Å²) in [5.74, 6) is 0.418. The van der Waals surface area contributed by atoms with E-state index in [1.54, 1.807) is 0 Å². The van der Waals surface area contributed by atoms with Gasteiger partial charge in [0.25, 0.3) is 0 Å². The smallest absolute Gasteiger partial charge is 0.306 e. The number of hydrogen-bond acceptors (Lipinski definition) is 3. The van der Waals surface area contributed by atoms with Crippen LogP contribution < -0.4 is 0 Å². The van der Waals surface area contributed by atoms with Gasteiger partial charge in [0.1, 0.15) is 0 Å². The van der Waals surface area contributed by atoms with Crippen LogP contribution in [0.2, 0.25) is 0 Å². The van der Waals surface area contributed by atoms with E-state index in [0.717, 1.165) is 25.9 Å². The summed E-state index contributed by atoms with van der Waals surface area (Å²) >= 11 is 0. The molecule has 0 saturated heterocycles. The summed E-state index contributed by atoms with van der Waals surface area (Å²) < 4.78 is 4.95. The third kappa shape index (κ3) is 7.37. The summed E-state index contributed by atoms with van der Waals surface area (Å²) in [5.41, 5.74) is 0. The van der Waals surface area contributed by atoms with Crippen molar-refractivity contribution in [1.82, 2.24) is 4.90 Å². The van der Waals surface area contributed by atoms with Crippen LogP contribution in [0.1, 0.15) is 40.0 Å². The Morgan fingerprint density at radius 2 is 2.00 bits per heavy atom. The number of nitrogens with zero attached hydrogens (tertiary/aromatic N) is 1. The van der Waals surface area contributed by atoms with Gasteiger partial charge in [-0.05, 0) is 39.4 Å². The molecule has 0 bridgehead atoms. The predicted octanol–water partition coefficient (Wildman–Crippen LogP) is 2.31. The van der Waals surface area contributed by atoms with Crippen LogP contribution in [0.25, 0.3) is 0 Å². The molecule has 15 heavy (non-hydrogen) atoms. The minimum absolute atomic E-state index is 0.0523. The maximum Gasteiger partial charge on any atom is 0.306 e. The fourth-order valence-corrected chi connectivity index (χ4v) is 1.47. The molecule has 0 saturated carbocycles. The predicted molar refractivity (Wildman–Crippen MR) is 62.8 cm³/mol. The van der Waals surface area contributed by atoms with Crippen LogP contribution in [0, 0.1) is 5.92 Å². The van der Waals surface area contributed by atoms with Crippen molar-refractivity contribution >= 4 is 5.97 Å². The molecule has 0 aliphatic heterocycles. The zero-order valence-electron chi connectivity index (χ0n) is 10.6. The van der Waals surface area contributed by atoms with Gasteiger partial charge in [0.2, 0.25) is 0 Å². The minimum atomic E-state index is -0.0523. The third-order valence-electron chi connectivity index (χ3n) is 2.80. The molecule has 0 aliphatic carbocycles. The molecule has 0 aromatic heterocycles. The van der Waals surface area contributed by atoms with Crippen LogP contribution in [0.5, 0.6) is 0 Å². The van der Waals surface area contributed by atoms with E-state index in [9.17, 15) is 4.79 Å². The largest absolute Gasteiger partial charge is 0.466 e. The summed E-state index contributed by atoms with van der Waals surface area (Å²) in [5, 5.41) is 0. The van der Waals surface area contributed by atoms with E-state index in [0.29, 0.717) is 18.9 Å². The molecular formula is C12H25NO2. The van der Waals surface area contributed by atoms with Crippen LogP contribution in [0.3, 0.4) is 0 Å². The molecular weight excluding hydrogens is 190 g/mol. The molecule has 0 aromatic rings. The Kier molecular flexibility index (Phi) is 8.38. The number of esters is 1. The highest BCUT2D eigenvalue weighted by Crippen LogP contribution is 2.14. The standard InChI is InChI=1S/C12H25NO2/c1-5-11(8-9-13(4)6-2)10-12(14)15-7-3/h11H,5-10H2,1-4H3. The van der Waals surface area contributed by atoms with Crippen molar-refractivity contribution in [3.8, 4) is 0 Å². The highest BCUT2D eigenvalue weighted by Gasteiger charge is 2.13. The van der Waals surface area contributed by atoms with Crippen molar-refractivity contribution < 1.29 is 9.53 Å². The zero-order chi connectivity index (χ0) is 11.7. The first-order valence-corrected chi connectivity index (χ1v) is 5.98. The van der Waals surface area contributed by atoms with Gasteiger partial charge in [0, 0.05) is 6.42 Å². The van der Waals surface area contributed by atoms with Crippen LogP contribution in [0.4, 0.5) is 0 Å². The fourth-order valence-electron chi connectivity index (χ4n) is 1.47. The first kappa shape index (κ1) is 14.4. The second kappa shape index (κ2) is 8.72. The van der Waals surface area contributed by atoms with E-state index < -0.39 is 0 Å². The van der Waals surface area contributed by atoms with Crippen LogP contribution in [-0.2, 0) is 9.53 Å². The summed E-state index contributed by atoms with van der Waals surface area (Å²) in [6.07, 6.45) is 2.71. The molecule has 0 N–H and O–H groups in total. The molecule has 0 aliphatic rings. The lowest BCUT2D eigenvalue weighted by molar-refractivity contribution is -0.144. The third-order valence-corrected chi connectivity index (χ3v) is 2.80. The SMILES string of the molecule is CCOC(=O)CC(CC)CCN(C)CC. The molecule has 0 amide bonds. The van der Waals surface area contributed by atoms with E-state index in [1.807, 2.05) is 6.92 Å². The van der Waals surface area contributed by atoms with Gasteiger partial charge in [-0.3, -0.25) is 4.79 Å². The van der Waals surface area contributed by atoms with E-state index in [1.165, 1.54) is 0 Å². The van der Waals surface area contributed by atoms with Crippen molar-refractivity contribution in [2.45, 2.75) is 40.0 Å². The summed E-state index contributed by atoms with van der Waals surface area (Å²) in [6, 6.07) is 0. The van der Waals surface area contributed by atoms with Crippen molar-refractivity contribution in [2.24, 2.45) is 5.92 Å². The van der Waals surface area contributed by atoms with Gasteiger partial charge in [-0.1, -0.05) is 20.3 Å². The van der Waals surface area contributed by atoms with Crippen molar-refractivity contribution in [2.75, 3.05) is 26.7 Å². The van der Waals surface area contributed by atoms with Crippen molar-refractivity contribution in [3.63, 3.8) is 0 Å². The summed E-state index contributed by atoms with van der Waals surface area (Å²) in [6.45, 7) is 8.75. The van der Waals surface area contributed by atoms with Crippen LogP contribution in [0.15, 0.2) is 0 Å². The van der Waals surface area contributed by atoms with Gasteiger partial charge in [-0.15, -0.1) is 0 Å². The Morgan fingerprint density at radius 3 is 2.47 bits per heavy atom. The van der Waals surface area contributed by atoms with E-state index in [2.05, 4.69) is 25.8 Å². The minimum Gasteiger partial charge on any atom is -0.466 e. The molecule has 3 heteroatoms. The molecule has 0 radical (unpaired) electrons. The molecule has 3 nitrogen and oxygen atoms in total. The number of carbonyl (C=O) groups is 1. The van der Waals surface area contributed by atoms with Gasteiger partial charge in [0.15, 0.2) is 0 Å². The lowest BCUT2D eigenvalue weighted by Gasteiger charge is -2.18. The molecule has 0 fully saturated rings. The molecule has 0 rings (SSSR count). The molecule has 1 unspecified atom stereocenters. The quantitative estimate of drug-likeness (QED) is 0.582. The maximum atomic E-state index is 11.3. The molecule has 0 aromatic carbocycles. The van der Waals surface area contributed by atoms with E-state index in [4.69, 9.17) is 4.74 Å². The molecule has 0 spiro atoms. The average molecular weight is 215 g/mol. The van der Waals surface area contributed by atoms with E-state index in [-0.39, 0.29) is 5.97 Å². The normalized spacial score (nSPS) is 12.9. The highest BCUT2D eigenvalue weighted by molar-refractivity contribution is 5.69. The number of hydrogen-bond donors (Lipinski definition) is 0. The Hall–Kier alpha value is -0.570. The maximum absolute atomic E-state index is 11.3. The Balaban J connectivity index is 3.77. The molecule has 1 atom stereocenters. The highest BCUT2D eigenvalue weighted by atomic mass is 16.5. The van der Waals surface area contributed by atoms with Gasteiger partial charge in [0.05, 0.1) is 6.61 Å². The topological polar surface area (TPSA) is 29.5 Å². The second-order valence-corrected chi connectivity index (χ2v) is 3.97. The fraction of sp³-hybridized carbons (Fsp3) is 0.917. The first-order chi connectivity index (χ1) is 7.13. The van der Waals surface area contributed by atoms with Crippen LogP contribution in [-0.4, -0.2) is 37.6 Å². The second-order valence-electron chi connectivity index (χ2n) is 3.97. The number of ether oxygens (including phenoxy) is 1. The number of carbonyl (C=O) groups excluding carboxylic acids is 1. The summed E-state index contributed by atoms with van der Waals surface area (Å²) in [7, 11) is 2.11. The first-order valence-electron chi connectivity index (χ1n) is 5.98. The van der Waals surface area contributed by atoms with Gasteiger partial charge >= 0.3 is 5.97 Å². The molecule has 90 valence electrons. The summed E-state index contributed by atoms with van der Waals surface area (Å²) in [4.78, 5) is 13.6. The Morgan fingerprint density at radius 1 is 1.33 bits per heavy atom. The molecule has 0 heterocycles. The van der Waals surface area contributed by atoms with E-state index >= 15 is 0 Å². The zero-order valence-corrected chi connectivity index (χ0v) is 10.6. The average Bonchev–Trinajstić information content (AvgIpc) is 2.23. The Labute approximate surface area is 93.8 Å². The van der Waals surface area contributed by atoms with Crippen molar-refractivity contribution in [3.05, 3.63) is 0 Å². The van der Waals surface area contributed by atoms with Gasteiger partial charge in [-0.25, -0.2) is 0 Å². The monoisotopic (exact) mass is 215 g/mol. The lowest BCUT2D eigenvalue weighted by atomic mass is 9.98. The van der Waals surface area contributed by atoms with Gasteiger partial charge < -0.3 is 9.64 Å². The van der Waals surface area contributed by atoms with Gasteiger partial charge in [-0.2, -0.15) is 0 Å². The number of rotatable bonds is 8. The van der Waals surface area contributed by atoms with Crippen LogP contribution >= 0.6 is 0 Å². The van der Waals surface area contributed by atoms with Crippen molar-refractivity contribution in [1.29, 1.82) is 0 Å². The lowest BCUT2D eigenvalue weighted by Crippen LogP contribution is -2.22. The Bertz CT molecular complexity index is 171.